The summed E-state index contributed by atoms with van der Waals surface area (Å²) >= 11 is 0. The van der Waals surface area contributed by atoms with E-state index in [0.29, 0.717) is 5.69 Å². The van der Waals surface area contributed by atoms with E-state index in [1.165, 1.54) is 15.7 Å². The number of nitrogens with one attached hydrogen (secondary N) is 2. The van der Waals surface area contributed by atoms with Crippen molar-refractivity contribution in [1.82, 2.24) is 14.9 Å². The molecule has 0 atom stereocenters. The summed E-state index contributed by atoms with van der Waals surface area (Å²) < 4.78 is 1.39. The fraction of sp³-hybridized carbons (Fsp3) is 0.400. The first-order valence-corrected chi connectivity index (χ1v) is 9.31. The zero-order valence-electron chi connectivity index (χ0n) is 16.2. The molecule has 0 spiro atoms. The van der Waals surface area contributed by atoms with Crippen LogP contribution >= 0.6 is 0 Å². The molecule has 0 bridgehead atoms. The van der Waals surface area contributed by atoms with Gasteiger partial charge in [0.05, 0.1) is 6.54 Å². The number of nitrogens with zero attached hydrogens (tertiary/aromatic N) is 3. The number of amides is 1. The third-order valence-electron chi connectivity index (χ3n) is 4.63. The lowest BCUT2D eigenvalue weighted by molar-refractivity contribution is -0.122. The molecule has 0 saturated heterocycles. The molecule has 10 nitrogen and oxygen atoms in total. The van der Waals surface area contributed by atoms with Crippen LogP contribution in [0.15, 0.2) is 40.4 Å². The first-order chi connectivity index (χ1) is 13.9. The maximum atomic E-state index is 12.8. The molecule has 1 aromatic carbocycles. The molecule has 3 rings (SSSR count). The average molecular weight is 415 g/mol. The van der Waals surface area contributed by atoms with Crippen LogP contribution in [0, 0.1) is 6.92 Å². The number of rotatable bonds is 8. The number of guanidine groups is 1. The smallest absolute Gasteiger partial charge is 0.293 e. The van der Waals surface area contributed by atoms with Crippen LogP contribution in [0.4, 0.5) is 5.82 Å². The number of carbonyl (C=O) groups is 1. The Morgan fingerprint density at radius 1 is 1.30 bits per heavy atom. The Labute approximate surface area is 175 Å². The number of hydrogen-bond donors (Lipinski definition) is 4. The van der Waals surface area contributed by atoms with Crippen molar-refractivity contribution < 1.29 is 9.63 Å². The molecular weight excluding hydrogens is 386 g/mol. The molecule has 0 fully saturated rings. The molecule has 2 aromatic rings. The average Bonchev–Trinajstić information content (AvgIpc) is 3.09. The first kappa shape index (κ1) is 22.7. The van der Waals surface area contributed by atoms with Crippen LogP contribution in [0.2, 0.25) is 0 Å². The van der Waals surface area contributed by atoms with Gasteiger partial charge in [0.25, 0.3) is 5.56 Å². The number of nitrogens with two attached hydrogens (primary N) is 2. The Morgan fingerprint density at radius 2 is 1.97 bits per heavy atom. The molecule has 1 aromatic heterocycles. The third-order valence-corrected chi connectivity index (χ3v) is 4.63. The van der Waals surface area contributed by atoms with E-state index in [1.54, 1.807) is 13.1 Å². The van der Waals surface area contributed by atoms with Crippen LogP contribution < -0.4 is 27.7 Å². The van der Waals surface area contributed by atoms with Crippen LogP contribution in [0.1, 0.15) is 24.2 Å². The molecule has 1 amide bonds. The molecule has 0 unspecified atom stereocenters. The van der Waals surface area contributed by atoms with Gasteiger partial charge in [0.15, 0.2) is 5.82 Å². The van der Waals surface area contributed by atoms with Crippen LogP contribution in [0.5, 0.6) is 0 Å². The molecule has 30 heavy (non-hydrogen) atoms. The quantitative estimate of drug-likeness (QED) is 0.206. The summed E-state index contributed by atoms with van der Waals surface area (Å²) in [6, 6.07) is 8.32. The van der Waals surface area contributed by atoms with E-state index in [1.807, 2.05) is 12.1 Å². The van der Waals surface area contributed by atoms with Gasteiger partial charge in [-0.1, -0.05) is 31.7 Å². The second-order valence-electron chi connectivity index (χ2n) is 6.86. The van der Waals surface area contributed by atoms with Crippen molar-refractivity contribution in [3.05, 3.63) is 57.6 Å². The van der Waals surface area contributed by atoms with Gasteiger partial charge in [-0.05, 0) is 36.0 Å². The fourth-order valence-corrected chi connectivity index (χ4v) is 3.28. The van der Waals surface area contributed by atoms with Gasteiger partial charge in [-0.15, -0.1) is 0 Å². The van der Waals surface area contributed by atoms with Crippen LogP contribution in [-0.2, 0) is 29.0 Å². The van der Waals surface area contributed by atoms with Gasteiger partial charge in [-0.25, -0.2) is 4.98 Å². The van der Waals surface area contributed by atoms with Crippen LogP contribution in [0.3, 0.4) is 0 Å². The van der Waals surface area contributed by atoms with Crippen molar-refractivity contribution in [2.45, 2.75) is 39.8 Å². The van der Waals surface area contributed by atoms with Crippen molar-refractivity contribution in [3.8, 4) is 0 Å². The van der Waals surface area contributed by atoms with Gasteiger partial charge in [-0.3, -0.25) is 14.2 Å². The van der Waals surface area contributed by atoms with Crippen molar-refractivity contribution in [3.63, 3.8) is 0 Å². The van der Waals surface area contributed by atoms with Gasteiger partial charge < -0.3 is 26.9 Å². The molecule has 6 N–H and O–H groups in total. The number of hydrogen-bond acceptors (Lipinski definition) is 6. The van der Waals surface area contributed by atoms with Gasteiger partial charge >= 0.3 is 0 Å². The molecule has 0 aliphatic heterocycles. The summed E-state index contributed by atoms with van der Waals surface area (Å²) in [5, 5.41) is 9.24. The van der Waals surface area contributed by atoms with E-state index in [-0.39, 0.29) is 56.4 Å². The summed E-state index contributed by atoms with van der Waals surface area (Å²) in [5.74, 6) is -0.271. The molecule has 1 aliphatic carbocycles. The summed E-state index contributed by atoms with van der Waals surface area (Å²) in [6.45, 7) is 1.94. The second-order valence-corrected chi connectivity index (χ2v) is 6.86. The lowest BCUT2D eigenvalue weighted by Crippen LogP contribution is -2.37. The highest BCUT2D eigenvalue weighted by atomic mass is 16.6. The Balaban J connectivity index is 0.00000320. The number of benzene rings is 1. The minimum atomic E-state index is -0.326. The SMILES string of the molecule is C.Cc1cnc(NC2Cc3ccccc3C2)c(=O)n1CC(=O)NCCON=C(N)N. The fourth-order valence-electron chi connectivity index (χ4n) is 3.28. The van der Waals surface area contributed by atoms with Crippen molar-refractivity contribution in [2.75, 3.05) is 18.5 Å². The Kier molecular flexibility index (Phi) is 7.79. The molecule has 1 heterocycles. The predicted molar refractivity (Wildman–Crippen MR) is 116 cm³/mol. The van der Waals surface area contributed by atoms with E-state index in [9.17, 15) is 9.59 Å². The van der Waals surface area contributed by atoms with E-state index < -0.39 is 0 Å². The summed E-state index contributed by atoms with van der Waals surface area (Å²) in [7, 11) is 0. The van der Waals surface area contributed by atoms with E-state index in [4.69, 9.17) is 16.3 Å². The van der Waals surface area contributed by atoms with Gasteiger partial charge in [0.2, 0.25) is 11.9 Å². The summed E-state index contributed by atoms with van der Waals surface area (Å²) in [6.07, 6.45) is 3.25. The lowest BCUT2D eigenvalue weighted by atomic mass is 10.1. The van der Waals surface area contributed by atoms with E-state index in [2.05, 4.69) is 32.9 Å². The zero-order valence-corrected chi connectivity index (χ0v) is 16.2. The summed E-state index contributed by atoms with van der Waals surface area (Å²) in [4.78, 5) is 34.0. The monoisotopic (exact) mass is 415 g/mol. The van der Waals surface area contributed by atoms with Crippen molar-refractivity contribution >= 4 is 17.7 Å². The van der Waals surface area contributed by atoms with Gasteiger partial charge in [-0.2, -0.15) is 0 Å². The topological polar surface area (TPSA) is 150 Å². The van der Waals surface area contributed by atoms with Crippen LogP contribution in [-0.4, -0.2) is 40.6 Å². The normalized spacial score (nSPS) is 12.4. The maximum Gasteiger partial charge on any atom is 0.293 e. The predicted octanol–water partition coefficient (Wildman–Crippen LogP) is 0.0883. The van der Waals surface area contributed by atoms with Crippen LogP contribution in [0.25, 0.3) is 0 Å². The summed E-state index contributed by atoms with van der Waals surface area (Å²) in [5.41, 5.74) is 13.1. The Bertz CT molecular complexity index is 942. The van der Waals surface area contributed by atoms with Gasteiger partial charge in [0, 0.05) is 17.9 Å². The zero-order chi connectivity index (χ0) is 20.8. The Hall–Kier alpha value is -3.56. The number of aryl methyl sites for hydroxylation is 1. The van der Waals surface area contributed by atoms with Crippen molar-refractivity contribution in [2.24, 2.45) is 16.6 Å². The molecule has 10 heteroatoms. The number of aromatic nitrogens is 2. The number of carbonyl (C=O) groups excluding carboxylic acids is 1. The minimum absolute atomic E-state index is 0. The molecule has 1 aliphatic rings. The highest BCUT2D eigenvalue weighted by molar-refractivity contribution is 5.76. The van der Waals surface area contributed by atoms with Crippen molar-refractivity contribution in [1.29, 1.82) is 0 Å². The van der Waals surface area contributed by atoms with E-state index in [0.717, 1.165) is 12.8 Å². The third kappa shape index (κ3) is 5.72. The highest BCUT2D eigenvalue weighted by Gasteiger charge is 2.22. The highest BCUT2D eigenvalue weighted by Crippen LogP contribution is 2.23. The molecule has 0 saturated carbocycles. The molecular formula is C20H29N7O3. The largest absolute Gasteiger partial charge is 0.391 e. The Morgan fingerprint density at radius 3 is 2.60 bits per heavy atom. The minimum Gasteiger partial charge on any atom is -0.391 e. The lowest BCUT2D eigenvalue weighted by Gasteiger charge is -2.15. The van der Waals surface area contributed by atoms with E-state index >= 15 is 0 Å². The maximum absolute atomic E-state index is 12.8. The first-order valence-electron chi connectivity index (χ1n) is 9.31. The molecule has 162 valence electrons. The number of fused-ring (bicyclic) bond motifs is 1. The number of oxime groups is 1. The second kappa shape index (κ2) is 10.3. The molecule has 0 radical (unpaired) electrons. The number of anilines is 1. The van der Waals surface area contributed by atoms with Gasteiger partial charge in [0.1, 0.15) is 13.2 Å². The standard InChI is InChI=1S/C19H25N7O3.CH4/c1-12-10-23-17(24-15-8-13-4-2-3-5-14(13)9-15)18(28)26(12)11-16(27)22-6-7-29-25-19(20)21;/h2-5,10,15H,6-9,11H2,1H3,(H,22,27)(H,23,24)(H4,20,21,25);1H4.